The number of pyridine rings is 1. The number of rotatable bonds is 3. The molecule has 0 saturated carbocycles. The van der Waals surface area contributed by atoms with Crippen LogP contribution in [0.25, 0.3) is 10.9 Å². The Bertz CT molecular complexity index is 700. The molecule has 0 saturated heterocycles. The summed E-state index contributed by atoms with van der Waals surface area (Å²) in [5.41, 5.74) is 2.45. The average Bonchev–Trinajstić information content (AvgIpc) is 2.31. The van der Waals surface area contributed by atoms with Gasteiger partial charge in [-0.25, -0.2) is 0 Å². The summed E-state index contributed by atoms with van der Waals surface area (Å²) >= 11 is 0. The zero-order chi connectivity index (χ0) is 14.2. The van der Waals surface area contributed by atoms with Crippen LogP contribution in [0, 0.1) is 13.8 Å². The third kappa shape index (κ3) is 2.67. The van der Waals surface area contributed by atoms with Gasteiger partial charge in [-0.15, -0.1) is 0 Å². The Morgan fingerprint density at radius 3 is 2.53 bits per heavy atom. The van der Waals surface area contributed by atoms with Crippen molar-refractivity contribution < 1.29 is 9.53 Å². The molecule has 1 unspecified atom stereocenters. The predicted molar refractivity (Wildman–Crippen MR) is 74.8 cm³/mol. The fourth-order valence-electron chi connectivity index (χ4n) is 1.96. The number of aromatic nitrogens is 1. The second-order valence-electron chi connectivity index (χ2n) is 4.85. The number of nitrogens with one attached hydrogen (secondary N) is 1. The molecule has 2 aromatic rings. The van der Waals surface area contributed by atoms with Gasteiger partial charge >= 0.3 is 0 Å². The molecular formula is C15H17NO3. The molecule has 0 radical (unpaired) electrons. The van der Waals surface area contributed by atoms with E-state index in [1.54, 1.807) is 19.1 Å². The topological polar surface area (TPSA) is 59.2 Å². The third-order valence-electron chi connectivity index (χ3n) is 3.22. The van der Waals surface area contributed by atoms with E-state index in [0.29, 0.717) is 5.75 Å². The Morgan fingerprint density at radius 2 is 1.89 bits per heavy atom. The first-order valence-electron chi connectivity index (χ1n) is 6.20. The van der Waals surface area contributed by atoms with Crippen LogP contribution in [0.3, 0.4) is 0 Å². The first-order chi connectivity index (χ1) is 8.88. The van der Waals surface area contributed by atoms with E-state index in [-0.39, 0.29) is 11.3 Å². The SMILES string of the molecule is CC(=O)C(C)Oc1cc2[nH]c(=O)cc(C)c2cc1C. The monoisotopic (exact) mass is 259 g/mol. The number of hydrogen-bond acceptors (Lipinski definition) is 3. The maximum absolute atomic E-state index is 11.5. The van der Waals surface area contributed by atoms with Crippen molar-refractivity contribution in [2.45, 2.75) is 33.8 Å². The van der Waals surface area contributed by atoms with Crippen molar-refractivity contribution in [1.82, 2.24) is 4.98 Å². The summed E-state index contributed by atoms with van der Waals surface area (Å²) in [6.07, 6.45) is -0.493. The molecule has 1 N–H and O–H groups in total. The van der Waals surface area contributed by atoms with Gasteiger partial charge in [0.15, 0.2) is 11.9 Å². The van der Waals surface area contributed by atoms with Gasteiger partial charge < -0.3 is 9.72 Å². The number of fused-ring (bicyclic) bond motifs is 1. The lowest BCUT2D eigenvalue weighted by Gasteiger charge is -2.15. The van der Waals surface area contributed by atoms with E-state index in [0.717, 1.165) is 22.0 Å². The van der Waals surface area contributed by atoms with Crippen LogP contribution in [0.15, 0.2) is 23.0 Å². The maximum atomic E-state index is 11.5. The quantitative estimate of drug-likeness (QED) is 0.921. The van der Waals surface area contributed by atoms with Gasteiger partial charge in [-0.1, -0.05) is 0 Å². The summed E-state index contributed by atoms with van der Waals surface area (Å²) in [5.74, 6) is 0.591. The van der Waals surface area contributed by atoms with Crippen molar-refractivity contribution >= 4 is 16.7 Å². The summed E-state index contributed by atoms with van der Waals surface area (Å²) in [7, 11) is 0. The number of ether oxygens (including phenoxy) is 1. The Morgan fingerprint density at radius 1 is 1.21 bits per heavy atom. The molecular weight excluding hydrogens is 242 g/mol. The number of ketones is 1. The number of hydrogen-bond donors (Lipinski definition) is 1. The van der Waals surface area contributed by atoms with Crippen molar-refractivity contribution in [3.8, 4) is 5.75 Å². The number of H-pyrrole nitrogens is 1. The minimum absolute atomic E-state index is 0.0303. The molecule has 1 aromatic heterocycles. The Balaban J connectivity index is 2.55. The molecule has 0 spiro atoms. The fourth-order valence-corrected chi connectivity index (χ4v) is 1.96. The minimum Gasteiger partial charge on any atom is -0.483 e. The van der Waals surface area contributed by atoms with Gasteiger partial charge in [-0.2, -0.15) is 0 Å². The molecule has 1 aromatic carbocycles. The second kappa shape index (κ2) is 4.88. The van der Waals surface area contributed by atoms with E-state index in [1.807, 2.05) is 19.9 Å². The Labute approximate surface area is 111 Å². The molecule has 100 valence electrons. The van der Waals surface area contributed by atoms with Crippen molar-refractivity contribution in [2.24, 2.45) is 0 Å². The van der Waals surface area contributed by atoms with Crippen LogP contribution in [0.4, 0.5) is 0 Å². The number of carbonyl (C=O) groups excluding carboxylic acids is 1. The van der Waals surface area contributed by atoms with Gasteiger partial charge in [0.25, 0.3) is 0 Å². The van der Waals surface area contributed by atoms with E-state index >= 15 is 0 Å². The van der Waals surface area contributed by atoms with Gasteiger partial charge in [0.05, 0.1) is 5.52 Å². The van der Waals surface area contributed by atoms with Crippen molar-refractivity contribution in [1.29, 1.82) is 0 Å². The number of aryl methyl sites for hydroxylation is 2. The van der Waals surface area contributed by atoms with Crippen LogP contribution in [0.5, 0.6) is 5.75 Å². The summed E-state index contributed by atoms with van der Waals surface area (Å²) in [6.45, 7) is 7.03. The van der Waals surface area contributed by atoms with Crippen molar-refractivity contribution in [2.75, 3.05) is 0 Å². The molecule has 0 fully saturated rings. The smallest absolute Gasteiger partial charge is 0.248 e. The predicted octanol–water partition coefficient (Wildman–Crippen LogP) is 2.50. The highest BCUT2D eigenvalue weighted by molar-refractivity contribution is 5.85. The first kappa shape index (κ1) is 13.3. The highest BCUT2D eigenvalue weighted by Crippen LogP contribution is 2.26. The van der Waals surface area contributed by atoms with Gasteiger partial charge in [-0.05, 0) is 44.9 Å². The minimum atomic E-state index is -0.493. The highest BCUT2D eigenvalue weighted by atomic mass is 16.5. The fraction of sp³-hybridized carbons (Fsp3) is 0.333. The first-order valence-corrected chi connectivity index (χ1v) is 6.20. The Kier molecular flexibility index (Phi) is 3.42. The molecule has 0 amide bonds. The highest BCUT2D eigenvalue weighted by Gasteiger charge is 2.12. The van der Waals surface area contributed by atoms with Crippen molar-refractivity contribution in [3.63, 3.8) is 0 Å². The van der Waals surface area contributed by atoms with E-state index in [2.05, 4.69) is 4.98 Å². The van der Waals surface area contributed by atoms with Crippen LogP contribution >= 0.6 is 0 Å². The number of benzene rings is 1. The Hall–Kier alpha value is -2.10. The molecule has 0 aliphatic carbocycles. The standard InChI is InChI=1S/C15H17NO3/c1-8-6-15(18)16-13-7-14(9(2)5-12(8)13)19-11(4)10(3)17/h5-7,11H,1-4H3,(H,16,18). The van der Waals surface area contributed by atoms with Gasteiger partial charge in [0, 0.05) is 17.5 Å². The lowest BCUT2D eigenvalue weighted by molar-refractivity contribution is -0.122. The number of Topliss-reactive ketones (excluding diaryl/α,β-unsaturated/α-hetero) is 1. The zero-order valence-electron chi connectivity index (χ0n) is 11.5. The lowest BCUT2D eigenvalue weighted by atomic mass is 10.1. The second-order valence-corrected chi connectivity index (χ2v) is 4.85. The molecule has 0 aliphatic rings. The molecule has 4 heteroatoms. The van der Waals surface area contributed by atoms with Crippen LogP contribution in [0.2, 0.25) is 0 Å². The summed E-state index contributed by atoms with van der Waals surface area (Å²) in [5, 5.41) is 0.986. The molecule has 1 heterocycles. The van der Waals surface area contributed by atoms with E-state index in [4.69, 9.17) is 4.74 Å². The van der Waals surface area contributed by atoms with Crippen LogP contribution in [-0.2, 0) is 4.79 Å². The normalized spacial score (nSPS) is 12.4. The van der Waals surface area contributed by atoms with Crippen LogP contribution in [0.1, 0.15) is 25.0 Å². The van der Waals surface area contributed by atoms with E-state index in [1.165, 1.54) is 6.92 Å². The van der Waals surface area contributed by atoms with Gasteiger partial charge in [0.1, 0.15) is 5.75 Å². The van der Waals surface area contributed by atoms with E-state index in [9.17, 15) is 9.59 Å². The maximum Gasteiger partial charge on any atom is 0.248 e. The molecule has 4 nitrogen and oxygen atoms in total. The van der Waals surface area contributed by atoms with Gasteiger partial charge in [0.2, 0.25) is 5.56 Å². The zero-order valence-corrected chi connectivity index (χ0v) is 11.5. The molecule has 1 atom stereocenters. The summed E-state index contributed by atoms with van der Waals surface area (Å²) < 4.78 is 5.62. The molecule has 0 aliphatic heterocycles. The summed E-state index contributed by atoms with van der Waals surface area (Å²) in [6, 6.07) is 5.31. The van der Waals surface area contributed by atoms with Gasteiger partial charge in [-0.3, -0.25) is 9.59 Å². The van der Waals surface area contributed by atoms with Crippen LogP contribution < -0.4 is 10.3 Å². The number of carbonyl (C=O) groups is 1. The van der Waals surface area contributed by atoms with E-state index < -0.39 is 6.10 Å². The van der Waals surface area contributed by atoms with Crippen molar-refractivity contribution in [3.05, 3.63) is 39.7 Å². The molecule has 2 rings (SSSR count). The molecule has 19 heavy (non-hydrogen) atoms. The summed E-state index contributed by atoms with van der Waals surface area (Å²) in [4.78, 5) is 25.5. The lowest BCUT2D eigenvalue weighted by Crippen LogP contribution is -2.21. The number of aromatic amines is 1. The average molecular weight is 259 g/mol. The van der Waals surface area contributed by atoms with Crippen LogP contribution in [-0.4, -0.2) is 16.9 Å². The third-order valence-corrected chi connectivity index (χ3v) is 3.22. The largest absolute Gasteiger partial charge is 0.483 e. The molecule has 0 bridgehead atoms.